The molecule has 2 atom stereocenters. The number of halogens is 2. The smallest absolute Gasteiger partial charge is 0.249 e. The molecule has 3 N–H and O–H groups in total. The summed E-state index contributed by atoms with van der Waals surface area (Å²) in [6.45, 7) is 4.16. The minimum atomic E-state index is -0.966. The Balaban J connectivity index is 2.07. The second-order valence-electron chi connectivity index (χ2n) is 6.07. The SMILES string of the molecule is CCCC(C)(N)C(=O)NC1CCN(c2ccc(Cl)c(Cl)c2)C1=O. The highest BCUT2D eigenvalue weighted by Gasteiger charge is 2.37. The van der Waals surface area contributed by atoms with Gasteiger partial charge in [-0.15, -0.1) is 0 Å². The fraction of sp³-hybridized carbons (Fsp3) is 0.500. The molecule has 7 heteroatoms. The molecule has 0 bridgehead atoms. The average molecular weight is 358 g/mol. The lowest BCUT2D eigenvalue weighted by Gasteiger charge is -2.25. The molecule has 1 aliphatic rings. The van der Waals surface area contributed by atoms with Crippen molar-refractivity contribution in [3.8, 4) is 0 Å². The highest BCUT2D eigenvalue weighted by Crippen LogP contribution is 2.29. The normalized spacial score (nSPS) is 20.5. The number of rotatable bonds is 5. The lowest BCUT2D eigenvalue weighted by molar-refractivity contribution is -0.130. The fourth-order valence-corrected chi connectivity index (χ4v) is 2.97. The first kappa shape index (κ1) is 18.0. The minimum absolute atomic E-state index is 0.163. The molecule has 5 nitrogen and oxygen atoms in total. The van der Waals surface area contributed by atoms with Crippen LogP contribution in [0.3, 0.4) is 0 Å². The Morgan fingerprint density at radius 3 is 2.74 bits per heavy atom. The summed E-state index contributed by atoms with van der Waals surface area (Å²) in [5, 5.41) is 3.59. The number of nitrogens with one attached hydrogen (secondary N) is 1. The maximum absolute atomic E-state index is 12.5. The number of nitrogens with zero attached hydrogens (tertiary/aromatic N) is 1. The first-order valence-corrected chi connectivity index (χ1v) is 8.38. The van der Waals surface area contributed by atoms with Crippen LogP contribution < -0.4 is 16.0 Å². The van der Waals surface area contributed by atoms with E-state index < -0.39 is 11.6 Å². The van der Waals surface area contributed by atoms with Gasteiger partial charge in [-0.2, -0.15) is 0 Å². The fourth-order valence-electron chi connectivity index (χ4n) is 2.68. The van der Waals surface area contributed by atoms with Gasteiger partial charge in [-0.25, -0.2) is 0 Å². The monoisotopic (exact) mass is 357 g/mol. The maximum atomic E-state index is 12.5. The number of nitrogens with two attached hydrogens (primary N) is 1. The predicted octanol–water partition coefficient (Wildman–Crippen LogP) is 2.73. The molecule has 0 aliphatic carbocycles. The third-order valence-electron chi connectivity index (χ3n) is 4.01. The molecular weight excluding hydrogens is 337 g/mol. The molecule has 1 saturated heterocycles. The van der Waals surface area contributed by atoms with Gasteiger partial charge in [0.25, 0.3) is 0 Å². The van der Waals surface area contributed by atoms with Gasteiger partial charge in [0.2, 0.25) is 11.8 Å². The summed E-state index contributed by atoms with van der Waals surface area (Å²) < 4.78 is 0. The number of benzene rings is 1. The van der Waals surface area contributed by atoms with E-state index in [4.69, 9.17) is 28.9 Å². The van der Waals surface area contributed by atoms with Crippen molar-refractivity contribution in [2.75, 3.05) is 11.4 Å². The Kier molecular flexibility index (Phi) is 5.55. The Morgan fingerprint density at radius 1 is 1.43 bits per heavy atom. The van der Waals surface area contributed by atoms with Crippen LogP contribution in [-0.2, 0) is 9.59 Å². The molecule has 0 radical (unpaired) electrons. The Labute approximate surface area is 146 Å². The molecule has 1 aromatic carbocycles. The van der Waals surface area contributed by atoms with Crippen molar-refractivity contribution in [1.82, 2.24) is 5.32 Å². The standard InChI is InChI=1S/C16H21Cl2N3O2/c1-3-7-16(2,19)15(23)20-13-6-8-21(14(13)22)10-4-5-11(17)12(18)9-10/h4-5,9,13H,3,6-8,19H2,1-2H3,(H,20,23). The second kappa shape index (κ2) is 7.07. The van der Waals surface area contributed by atoms with Gasteiger partial charge in [0, 0.05) is 12.2 Å². The van der Waals surface area contributed by atoms with Crippen molar-refractivity contribution in [2.45, 2.75) is 44.7 Å². The average Bonchev–Trinajstić information content (AvgIpc) is 2.83. The van der Waals surface area contributed by atoms with Crippen molar-refractivity contribution in [1.29, 1.82) is 0 Å². The van der Waals surface area contributed by atoms with Crippen molar-refractivity contribution in [3.63, 3.8) is 0 Å². The third kappa shape index (κ3) is 3.97. The topological polar surface area (TPSA) is 75.4 Å². The van der Waals surface area contributed by atoms with Gasteiger partial charge < -0.3 is 16.0 Å². The zero-order valence-corrected chi connectivity index (χ0v) is 14.7. The van der Waals surface area contributed by atoms with E-state index in [0.29, 0.717) is 35.1 Å². The Bertz CT molecular complexity index is 619. The van der Waals surface area contributed by atoms with E-state index in [9.17, 15) is 9.59 Å². The molecule has 1 aromatic rings. The molecule has 126 valence electrons. The molecule has 0 aromatic heterocycles. The number of anilines is 1. The van der Waals surface area contributed by atoms with E-state index in [-0.39, 0.29) is 11.8 Å². The van der Waals surface area contributed by atoms with Crippen LogP contribution in [0.15, 0.2) is 18.2 Å². The van der Waals surface area contributed by atoms with E-state index in [2.05, 4.69) is 5.32 Å². The van der Waals surface area contributed by atoms with Crippen molar-refractivity contribution < 1.29 is 9.59 Å². The van der Waals surface area contributed by atoms with Gasteiger partial charge >= 0.3 is 0 Å². The van der Waals surface area contributed by atoms with E-state index in [1.54, 1.807) is 30.0 Å². The van der Waals surface area contributed by atoms with E-state index in [1.165, 1.54) is 0 Å². The summed E-state index contributed by atoms with van der Waals surface area (Å²) in [4.78, 5) is 26.4. The molecule has 23 heavy (non-hydrogen) atoms. The summed E-state index contributed by atoms with van der Waals surface area (Å²) in [6, 6.07) is 4.48. The summed E-state index contributed by atoms with van der Waals surface area (Å²) in [7, 11) is 0. The number of carbonyl (C=O) groups excluding carboxylic acids is 2. The highest BCUT2D eigenvalue weighted by atomic mass is 35.5. The number of hydrogen-bond donors (Lipinski definition) is 2. The van der Waals surface area contributed by atoms with Crippen LogP contribution in [0.1, 0.15) is 33.1 Å². The molecule has 2 rings (SSSR count). The zero-order chi connectivity index (χ0) is 17.2. The minimum Gasteiger partial charge on any atom is -0.343 e. The molecule has 0 spiro atoms. The Hall–Kier alpha value is -1.30. The van der Waals surface area contributed by atoms with Crippen molar-refractivity contribution in [2.24, 2.45) is 5.73 Å². The van der Waals surface area contributed by atoms with Gasteiger partial charge in [-0.05, 0) is 38.0 Å². The van der Waals surface area contributed by atoms with Crippen molar-refractivity contribution in [3.05, 3.63) is 28.2 Å². The summed E-state index contributed by atoms with van der Waals surface area (Å²) in [6.07, 6.45) is 1.90. The van der Waals surface area contributed by atoms with E-state index >= 15 is 0 Å². The first-order valence-electron chi connectivity index (χ1n) is 7.62. The van der Waals surface area contributed by atoms with Gasteiger partial charge in [0.15, 0.2) is 0 Å². The van der Waals surface area contributed by atoms with Gasteiger partial charge in [0.1, 0.15) is 6.04 Å². The van der Waals surface area contributed by atoms with Crippen LogP contribution in [0.4, 0.5) is 5.69 Å². The van der Waals surface area contributed by atoms with Crippen LogP contribution >= 0.6 is 23.2 Å². The maximum Gasteiger partial charge on any atom is 0.249 e. The lowest BCUT2D eigenvalue weighted by Crippen LogP contribution is -2.55. The molecule has 2 unspecified atom stereocenters. The number of hydrogen-bond acceptors (Lipinski definition) is 3. The molecular formula is C16H21Cl2N3O2. The van der Waals surface area contributed by atoms with Crippen LogP contribution in [0.2, 0.25) is 10.0 Å². The zero-order valence-electron chi connectivity index (χ0n) is 13.2. The molecule has 1 aliphatic heterocycles. The third-order valence-corrected chi connectivity index (χ3v) is 4.75. The van der Waals surface area contributed by atoms with Crippen LogP contribution in [0.25, 0.3) is 0 Å². The summed E-state index contributed by atoms with van der Waals surface area (Å²) in [5.41, 5.74) is 5.71. The van der Waals surface area contributed by atoms with Crippen molar-refractivity contribution >= 4 is 40.7 Å². The number of carbonyl (C=O) groups is 2. The lowest BCUT2D eigenvalue weighted by atomic mass is 9.96. The molecule has 1 fully saturated rings. The van der Waals surface area contributed by atoms with Crippen LogP contribution in [-0.4, -0.2) is 29.9 Å². The van der Waals surface area contributed by atoms with Gasteiger partial charge in [-0.3, -0.25) is 9.59 Å². The van der Waals surface area contributed by atoms with Gasteiger partial charge in [0.05, 0.1) is 15.6 Å². The quantitative estimate of drug-likeness (QED) is 0.850. The van der Waals surface area contributed by atoms with Crippen LogP contribution in [0.5, 0.6) is 0 Å². The van der Waals surface area contributed by atoms with Gasteiger partial charge in [-0.1, -0.05) is 36.5 Å². The predicted molar refractivity (Wildman–Crippen MR) is 92.9 cm³/mol. The largest absolute Gasteiger partial charge is 0.343 e. The number of amides is 2. The summed E-state index contributed by atoms with van der Waals surface area (Å²) in [5.74, 6) is -0.460. The van der Waals surface area contributed by atoms with E-state index in [1.807, 2.05) is 6.92 Å². The first-order chi connectivity index (χ1) is 10.8. The second-order valence-corrected chi connectivity index (χ2v) is 6.88. The molecule has 2 amide bonds. The highest BCUT2D eigenvalue weighted by molar-refractivity contribution is 6.42. The summed E-state index contributed by atoms with van der Waals surface area (Å²) >= 11 is 11.9. The molecule has 1 heterocycles. The van der Waals surface area contributed by atoms with Crippen LogP contribution in [0, 0.1) is 0 Å². The molecule has 0 saturated carbocycles. The van der Waals surface area contributed by atoms with E-state index in [0.717, 1.165) is 6.42 Å². The Morgan fingerprint density at radius 2 is 2.13 bits per heavy atom.